The molecule has 2 aromatic heterocycles. The lowest BCUT2D eigenvalue weighted by Crippen LogP contribution is -2.19. The molecular formula is C20H16FN5OS2. The maximum atomic E-state index is 13.2. The Morgan fingerprint density at radius 2 is 1.90 bits per heavy atom. The number of anilines is 1. The molecule has 2 heterocycles. The predicted molar refractivity (Wildman–Crippen MR) is 111 cm³/mol. The first-order valence-corrected chi connectivity index (χ1v) is 10.5. The monoisotopic (exact) mass is 425 g/mol. The second kappa shape index (κ2) is 8.97. The summed E-state index contributed by atoms with van der Waals surface area (Å²) in [6.07, 6.45) is 0. The second-order valence-electron chi connectivity index (χ2n) is 6.10. The van der Waals surface area contributed by atoms with Crippen LogP contribution < -0.4 is 5.32 Å². The van der Waals surface area contributed by atoms with Crippen molar-refractivity contribution in [3.8, 4) is 0 Å². The van der Waals surface area contributed by atoms with Crippen molar-refractivity contribution in [2.45, 2.75) is 17.0 Å². The first kappa shape index (κ1) is 19.3. The highest BCUT2D eigenvalue weighted by Crippen LogP contribution is 2.35. The third-order valence-corrected chi connectivity index (χ3v) is 6.15. The van der Waals surface area contributed by atoms with Gasteiger partial charge in [0.2, 0.25) is 11.1 Å². The maximum Gasteiger partial charge on any atom is 0.242 e. The minimum Gasteiger partial charge on any atom is -0.325 e. The molecule has 4 rings (SSSR count). The molecule has 0 fully saturated rings. The predicted octanol–water partition coefficient (Wildman–Crippen LogP) is 4.39. The van der Waals surface area contributed by atoms with E-state index >= 15 is 0 Å². The van der Waals surface area contributed by atoms with Gasteiger partial charge < -0.3 is 5.32 Å². The molecule has 0 unspecified atom stereocenters. The molecule has 0 aliphatic heterocycles. The van der Waals surface area contributed by atoms with Gasteiger partial charge in [0, 0.05) is 10.6 Å². The number of thiophene rings is 1. The normalized spacial score (nSPS) is 11.9. The maximum absolute atomic E-state index is 13.2. The highest BCUT2D eigenvalue weighted by Gasteiger charge is 2.25. The van der Waals surface area contributed by atoms with Crippen molar-refractivity contribution in [1.82, 2.24) is 20.2 Å². The molecule has 2 aromatic carbocycles. The highest BCUT2D eigenvalue weighted by atomic mass is 32.2. The molecule has 0 spiro atoms. The largest absolute Gasteiger partial charge is 0.325 e. The lowest BCUT2D eigenvalue weighted by Gasteiger charge is -2.16. The molecule has 6 nitrogen and oxygen atoms in total. The fourth-order valence-electron chi connectivity index (χ4n) is 2.68. The van der Waals surface area contributed by atoms with Crippen LogP contribution in [0.1, 0.15) is 15.7 Å². The van der Waals surface area contributed by atoms with Crippen molar-refractivity contribution in [3.05, 3.63) is 88.4 Å². The molecule has 1 amide bonds. The molecule has 4 aromatic rings. The number of hydrogen-bond acceptors (Lipinski definition) is 6. The Hall–Kier alpha value is -3.04. The number of amides is 1. The number of benzene rings is 2. The third-order valence-electron chi connectivity index (χ3n) is 4.06. The average Bonchev–Trinajstić information content (AvgIpc) is 3.41. The minimum atomic E-state index is -0.575. The van der Waals surface area contributed by atoms with E-state index in [2.05, 4.69) is 20.8 Å². The van der Waals surface area contributed by atoms with Crippen molar-refractivity contribution in [1.29, 1.82) is 0 Å². The van der Waals surface area contributed by atoms with Gasteiger partial charge in [-0.15, -0.1) is 16.4 Å². The highest BCUT2D eigenvalue weighted by molar-refractivity contribution is 8.00. The van der Waals surface area contributed by atoms with Crippen LogP contribution in [0.4, 0.5) is 10.1 Å². The van der Waals surface area contributed by atoms with Crippen molar-refractivity contribution in [2.24, 2.45) is 0 Å². The first-order valence-electron chi connectivity index (χ1n) is 8.75. The van der Waals surface area contributed by atoms with Crippen molar-refractivity contribution >= 4 is 34.7 Å². The number of nitrogens with zero attached hydrogens (tertiary/aromatic N) is 4. The number of tetrazole rings is 1. The molecule has 0 aliphatic carbocycles. The molecule has 0 bridgehead atoms. The Balaban J connectivity index is 1.58. The fourth-order valence-corrected chi connectivity index (χ4v) is 4.34. The quantitative estimate of drug-likeness (QED) is 0.445. The van der Waals surface area contributed by atoms with Gasteiger partial charge in [0.05, 0.1) is 6.54 Å². The molecule has 0 radical (unpaired) electrons. The zero-order valence-electron chi connectivity index (χ0n) is 15.1. The van der Waals surface area contributed by atoms with Gasteiger partial charge in [0.1, 0.15) is 11.1 Å². The first-order chi connectivity index (χ1) is 14.2. The lowest BCUT2D eigenvalue weighted by atomic mass is 10.1. The number of carbonyl (C=O) groups excluding carboxylic acids is 1. The van der Waals surface area contributed by atoms with Gasteiger partial charge in [-0.1, -0.05) is 48.2 Å². The Morgan fingerprint density at radius 3 is 2.62 bits per heavy atom. The van der Waals surface area contributed by atoms with Crippen LogP contribution in [0.3, 0.4) is 0 Å². The number of aromatic nitrogens is 4. The topological polar surface area (TPSA) is 72.7 Å². The molecule has 0 aliphatic rings. The Morgan fingerprint density at radius 1 is 1.10 bits per heavy atom. The third kappa shape index (κ3) is 4.87. The smallest absolute Gasteiger partial charge is 0.242 e. The van der Waals surface area contributed by atoms with Gasteiger partial charge in [0.25, 0.3) is 0 Å². The van der Waals surface area contributed by atoms with Crippen molar-refractivity contribution < 1.29 is 9.18 Å². The summed E-state index contributed by atoms with van der Waals surface area (Å²) in [6, 6.07) is 19.1. The van der Waals surface area contributed by atoms with E-state index in [9.17, 15) is 9.18 Å². The van der Waals surface area contributed by atoms with Crippen LogP contribution in [0.25, 0.3) is 0 Å². The molecule has 1 N–H and O–H groups in total. The number of thioether (sulfide) groups is 1. The summed E-state index contributed by atoms with van der Waals surface area (Å²) in [5, 5.41) is 16.7. The van der Waals surface area contributed by atoms with E-state index < -0.39 is 5.25 Å². The van der Waals surface area contributed by atoms with Crippen LogP contribution in [0.15, 0.2) is 77.3 Å². The molecule has 146 valence electrons. The summed E-state index contributed by atoms with van der Waals surface area (Å²) in [4.78, 5) is 14.2. The van der Waals surface area contributed by atoms with Gasteiger partial charge in [-0.05, 0) is 51.7 Å². The van der Waals surface area contributed by atoms with Crippen LogP contribution in [0.5, 0.6) is 0 Å². The van der Waals surface area contributed by atoms with Crippen molar-refractivity contribution in [3.63, 3.8) is 0 Å². The number of nitrogens with one attached hydrogen (secondary N) is 1. The van der Waals surface area contributed by atoms with Gasteiger partial charge in [-0.3, -0.25) is 4.79 Å². The van der Waals surface area contributed by atoms with Gasteiger partial charge in [-0.2, -0.15) is 0 Å². The molecule has 0 saturated carbocycles. The number of hydrogen-bond donors (Lipinski definition) is 1. The fraction of sp³-hybridized carbons (Fsp3) is 0.100. The molecule has 29 heavy (non-hydrogen) atoms. The van der Waals surface area contributed by atoms with Crippen LogP contribution in [0.2, 0.25) is 0 Å². The van der Waals surface area contributed by atoms with Crippen LogP contribution >= 0.6 is 23.1 Å². The average molecular weight is 426 g/mol. The van der Waals surface area contributed by atoms with E-state index in [1.165, 1.54) is 36.0 Å². The van der Waals surface area contributed by atoms with Gasteiger partial charge in [0.15, 0.2) is 0 Å². The Bertz CT molecular complexity index is 1070. The van der Waals surface area contributed by atoms with E-state index in [1.807, 2.05) is 47.8 Å². The van der Waals surface area contributed by atoms with Crippen LogP contribution in [0, 0.1) is 5.82 Å². The summed E-state index contributed by atoms with van der Waals surface area (Å²) in [7, 11) is 0. The van der Waals surface area contributed by atoms with E-state index in [0.717, 1.165) is 10.4 Å². The molecule has 9 heteroatoms. The molecule has 0 saturated heterocycles. The Kier molecular flexibility index (Phi) is 5.97. The summed E-state index contributed by atoms with van der Waals surface area (Å²) in [6.45, 7) is 0.536. The van der Waals surface area contributed by atoms with E-state index in [1.54, 1.807) is 16.0 Å². The number of halogens is 1. The lowest BCUT2D eigenvalue weighted by molar-refractivity contribution is -0.115. The SMILES string of the molecule is O=C(Nc1ccc(F)cc1)[C@H](Sc1nnnn1Cc1cccs1)c1ccccc1. The number of rotatable bonds is 7. The summed E-state index contributed by atoms with van der Waals surface area (Å²) in [5.74, 6) is -0.594. The standard InChI is InChI=1S/C20H16FN5OS2/c21-15-8-10-16(11-9-15)22-19(27)18(14-5-2-1-3-6-14)29-20-23-24-25-26(20)13-17-7-4-12-28-17/h1-12,18H,13H2,(H,22,27)/t18-/m1/s1. The summed E-state index contributed by atoms with van der Waals surface area (Å²) >= 11 is 2.89. The minimum absolute atomic E-state index is 0.238. The van der Waals surface area contributed by atoms with Gasteiger partial charge >= 0.3 is 0 Å². The molecular weight excluding hydrogens is 409 g/mol. The second-order valence-corrected chi connectivity index (χ2v) is 8.21. The summed E-state index contributed by atoms with van der Waals surface area (Å²) in [5.41, 5.74) is 1.35. The Labute approximate surface area is 174 Å². The van der Waals surface area contributed by atoms with E-state index in [4.69, 9.17) is 0 Å². The van der Waals surface area contributed by atoms with Gasteiger partial charge in [-0.25, -0.2) is 9.07 Å². The van der Waals surface area contributed by atoms with E-state index in [-0.39, 0.29) is 11.7 Å². The van der Waals surface area contributed by atoms with Crippen LogP contribution in [-0.2, 0) is 11.3 Å². The van der Waals surface area contributed by atoms with Crippen molar-refractivity contribution in [2.75, 3.05) is 5.32 Å². The zero-order valence-corrected chi connectivity index (χ0v) is 16.7. The van der Waals surface area contributed by atoms with Crippen LogP contribution in [-0.4, -0.2) is 26.1 Å². The number of carbonyl (C=O) groups is 1. The summed E-state index contributed by atoms with van der Waals surface area (Å²) < 4.78 is 14.8. The zero-order chi connectivity index (χ0) is 20.1. The van der Waals surface area contributed by atoms with E-state index in [0.29, 0.717) is 17.4 Å². The molecule has 1 atom stereocenters.